The molecular weight excluding hydrogens is 287 g/mol. The quantitative estimate of drug-likeness (QED) is 0.923. The second-order valence-electron chi connectivity index (χ2n) is 4.50. The Morgan fingerprint density at radius 2 is 2.24 bits per heavy atom. The number of carbonyl (C=O) groups excluding carboxylic acids is 1. The van der Waals surface area contributed by atoms with Gasteiger partial charge in [0.1, 0.15) is 5.76 Å². The van der Waals surface area contributed by atoms with Gasteiger partial charge in [-0.2, -0.15) is 18.3 Å². The summed E-state index contributed by atoms with van der Waals surface area (Å²) in [5.74, 6) is 0.327. The number of aromatic nitrogens is 2. The number of nitrogens with zero attached hydrogens (tertiary/aromatic N) is 2. The van der Waals surface area contributed by atoms with E-state index >= 15 is 0 Å². The molecule has 0 aliphatic rings. The zero-order valence-electron chi connectivity index (χ0n) is 11.3. The highest BCUT2D eigenvalue weighted by molar-refractivity contribution is 5.75. The first-order valence-electron chi connectivity index (χ1n) is 6.27. The molecule has 0 aliphatic heterocycles. The Labute approximate surface area is 118 Å². The zero-order chi connectivity index (χ0) is 15.5. The van der Waals surface area contributed by atoms with Gasteiger partial charge in [0.05, 0.1) is 12.8 Å². The van der Waals surface area contributed by atoms with Crippen molar-refractivity contribution in [1.29, 1.82) is 0 Å². The van der Waals surface area contributed by atoms with Crippen LogP contribution in [0, 0.1) is 6.92 Å². The van der Waals surface area contributed by atoms with Crippen LogP contribution in [0.15, 0.2) is 28.9 Å². The predicted octanol–water partition coefficient (Wildman–Crippen LogP) is 2.51. The zero-order valence-corrected chi connectivity index (χ0v) is 11.3. The lowest BCUT2D eigenvalue weighted by molar-refractivity contribution is -0.141. The van der Waals surface area contributed by atoms with Crippen LogP contribution in [0.5, 0.6) is 0 Å². The van der Waals surface area contributed by atoms with E-state index < -0.39 is 11.9 Å². The largest absolute Gasteiger partial charge is 0.467 e. The molecule has 2 aromatic heterocycles. The standard InChI is InChI=1S/C13H14F3N3O2/c1-9-7-11(13(14,15)16)18-19(9)5-4-12(20)17-8-10-3-2-6-21-10/h2-3,6-7H,4-5,8H2,1H3,(H,17,20). The van der Waals surface area contributed by atoms with Crippen molar-refractivity contribution in [3.8, 4) is 0 Å². The van der Waals surface area contributed by atoms with Gasteiger partial charge < -0.3 is 9.73 Å². The first-order valence-corrected chi connectivity index (χ1v) is 6.27. The van der Waals surface area contributed by atoms with Crippen LogP contribution in [0.2, 0.25) is 0 Å². The van der Waals surface area contributed by atoms with Crippen molar-refractivity contribution in [1.82, 2.24) is 15.1 Å². The SMILES string of the molecule is Cc1cc(C(F)(F)F)nn1CCC(=O)NCc1ccco1. The summed E-state index contributed by atoms with van der Waals surface area (Å²) in [4.78, 5) is 11.6. The predicted molar refractivity (Wildman–Crippen MR) is 67.1 cm³/mol. The third kappa shape index (κ3) is 4.11. The summed E-state index contributed by atoms with van der Waals surface area (Å²) in [5, 5.41) is 6.07. The molecule has 21 heavy (non-hydrogen) atoms. The van der Waals surface area contributed by atoms with Gasteiger partial charge >= 0.3 is 6.18 Å². The van der Waals surface area contributed by atoms with Crippen LogP contribution in [-0.4, -0.2) is 15.7 Å². The van der Waals surface area contributed by atoms with Gasteiger partial charge in [-0.05, 0) is 25.1 Å². The average Bonchev–Trinajstić information content (AvgIpc) is 3.02. The van der Waals surface area contributed by atoms with Gasteiger partial charge in [0, 0.05) is 18.7 Å². The highest BCUT2D eigenvalue weighted by atomic mass is 19.4. The fraction of sp³-hybridized carbons (Fsp3) is 0.385. The molecule has 1 amide bonds. The normalized spacial score (nSPS) is 11.6. The number of alkyl halides is 3. The van der Waals surface area contributed by atoms with E-state index in [-0.39, 0.29) is 25.4 Å². The Kier molecular flexibility index (Phi) is 4.35. The van der Waals surface area contributed by atoms with E-state index in [9.17, 15) is 18.0 Å². The molecule has 0 fully saturated rings. The number of rotatable bonds is 5. The number of halogens is 3. The number of furan rings is 1. The van der Waals surface area contributed by atoms with Crippen molar-refractivity contribution in [2.75, 3.05) is 0 Å². The minimum Gasteiger partial charge on any atom is -0.467 e. The monoisotopic (exact) mass is 301 g/mol. The molecule has 2 aromatic rings. The molecule has 8 heteroatoms. The molecule has 0 atom stereocenters. The number of hydrogen-bond donors (Lipinski definition) is 1. The van der Waals surface area contributed by atoms with Crippen LogP contribution in [0.3, 0.4) is 0 Å². The van der Waals surface area contributed by atoms with E-state index in [1.807, 2.05) is 0 Å². The van der Waals surface area contributed by atoms with Gasteiger partial charge in [-0.3, -0.25) is 9.48 Å². The van der Waals surface area contributed by atoms with Crippen molar-refractivity contribution in [2.24, 2.45) is 0 Å². The van der Waals surface area contributed by atoms with Crippen LogP contribution in [0.1, 0.15) is 23.6 Å². The fourth-order valence-corrected chi connectivity index (χ4v) is 1.77. The van der Waals surface area contributed by atoms with Gasteiger partial charge in [-0.25, -0.2) is 0 Å². The molecule has 2 heterocycles. The van der Waals surface area contributed by atoms with E-state index in [0.29, 0.717) is 11.5 Å². The summed E-state index contributed by atoms with van der Waals surface area (Å²) in [6.07, 6.45) is -2.94. The molecule has 0 spiro atoms. The van der Waals surface area contributed by atoms with Gasteiger partial charge in [-0.1, -0.05) is 0 Å². The molecule has 0 aliphatic carbocycles. The van der Waals surface area contributed by atoms with Gasteiger partial charge in [0.2, 0.25) is 5.91 Å². The van der Waals surface area contributed by atoms with Crippen LogP contribution in [0.25, 0.3) is 0 Å². The van der Waals surface area contributed by atoms with E-state index in [4.69, 9.17) is 4.42 Å². The second-order valence-corrected chi connectivity index (χ2v) is 4.50. The summed E-state index contributed by atoms with van der Waals surface area (Å²) in [7, 11) is 0. The first kappa shape index (κ1) is 15.1. The molecule has 0 saturated carbocycles. The Hall–Kier alpha value is -2.25. The third-order valence-corrected chi connectivity index (χ3v) is 2.86. The smallest absolute Gasteiger partial charge is 0.435 e. The molecule has 0 bridgehead atoms. The Morgan fingerprint density at radius 3 is 2.81 bits per heavy atom. The molecular formula is C13H14F3N3O2. The number of hydrogen-bond acceptors (Lipinski definition) is 3. The fourth-order valence-electron chi connectivity index (χ4n) is 1.77. The maximum absolute atomic E-state index is 12.5. The summed E-state index contributed by atoms with van der Waals surface area (Å²) in [6, 6.07) is 4.38. The summed E-state index contributed by atoms with van der Waals surface area (Å²) >= 11 is 0. The summed E-state index contributed by atoms with van der Waals surface area (Å²) < 4.78 is 43.7. The molecule has 1 N–H and O–H groups in total. The number of aryl methyl sites for hydroxylation is 2. The number of nitrogens with one attached hydrogen (secondary N) is 1. The summed E-state index contributed by atoms with van der Waals surface area (Å²) in [5.41, 5.74) is -0.586. The lowest BCUT2D eigenvalue weighted by Gasteiger charge is -2.05. The van der Waals surface area contributed by atoms with Gasteiger partial charge in [0.25, 0.3) is 0 Å². The average molecular weight is 301 g/mol. The molecule has 0 radical (unpaired) electrons. The number of carbonyl (C=O) groups is 1. The Morgan fingerprint density at radius 1 is 1.48 bits per heavy atom. The van der Waals surface area contributed by atoms with E-state index in [0.717, 1.165) is 6.07 Å². The minimum atomic E-state index is -4.47. The highest BCUT2D eigenvalue weighted by Crippen LogP contribution is 2.28. The van der Waals surface area contributed by atoms with Crippen molar-refractivity contribution in [3.63, 3.8) is 0 Å². The Bertz CT molecular complexity index is 603. The van der Waals surface area contributed by atoms with E-state index in [1.165, 1.54) is 17.9 Å². The van der Waals surface area contributed by atoms with Crippen LogP contribution in [0.4, 0.5) is 13.2 Å². The maximum Gasteiger partial charge on any atom is 0.435 e. The molecule has 0 aromatic carbocycles. The topological polar surface area (TPSA) is 60.1 Å². The molecule has 0 unspecified atom stereocenters. The van der Waals surface area contributed by atoms with Crippen LogP contribution in [-0.2, 0) is 24.1 Å². The van der Waals surface area contributed by atoms with Crippen molar-refractivity contribution in [3.05, 3.63) is 41.6 Å². The first-order chi connectivity index (χ1) is 9.86. The van der Waals surface area contributed by atoms with Crippen molar-refractivity contribution in [2.45, 2.75) is 32.6 Å². The Balaban J connectivity index is 1.85. The summed E-state index contributed by atoms with van der Waals surface area (Å²) in [6.45, 7) is 1.85. The molecule has 2 rings (SSSR count). The molecule has 0 saturated heterocycles. The molecule has 114 valence electrons. The van der Waals surface area contributed by atoms with Crippen LogP contribution >= 0.6 is 0 Å². The lowest BCUT2D eigenvalue weighted by Crippen LogP contribution is -2.24. The van der Waals surface area contributed by atoms with Crippen molar-refractivity contribution < 1.29 is 22.4 Å². The van der Waals surface area contributed by atoms with Crippen LogP contribution < -0.4 is 5.32 Å². The van der Waals surface area contributed by atoms with Gasteiger partial charge in [-0.15, -0.1) is 0 Å². The number of amides is 1. The molecule has 5 nitrogen and oxygen atoms in total. The van der Waals surface area contributed by atoms with E-state index in [1.54, 1.807) is 12.1 Å². The van der Waals surface area contributed by atoms with Gasteiger partial charge in [0.15, 0.2) is 5.69 Å². The van der Waals surface area contributed by atoms with Crippen molar-refractivity contribution >= 4 is 5.91 Å². The van der Waals surface area contributed by atoms with E-state index in [2.05, 4.69) is 10.4 Å². The lowest BCUT2D eigenvalue weighted by atomic mass is 10.3. The maximum atomic E-state index is 12.5. The highest BCUT2D eigenvalue weighted by Gasteiger charge is 2.34. The third-order valence-electron chi connectivity index (χ3n) is 2.86. The minimum absolute atomic E-state index is 0.0422. The second kappa shape index (κ2) is 6.02.